The fraction of sp³-hybridized carbons (Fsp3) is 0.647. The van der Waals surface area contributed by atoms with Crippen molar-refractivity contribution in [3.63, 3.8) is 0 Å². The fourth-order valence-electron chi connectivity index (χ4n) is 3.13. The highest BCUT2D eigenvalue weighted by Gasteiger charge is 2.33. The first-order valence-corrected chi connectivity index (χ1v) is 7.00. The summed E-state index contributed by atoms with van der Waals surface area (Å²) in [6, 6.07) is 4.88. The molecule has 18 heavy (non-hydrogen) atoms. The van der Waals surface area contributed by atoms with Crippen LogP contribution in [-0.4, -0.2) is 18.5 Å². The second-order valence-electron chi connectivity index (χ2n) is 7.30. The predicted octanol–water partition coefficient (Wildman–Crippen LogP) is 4.02. The minimum absolute atomic E-state index is 0.154. The first kappa shape index (κ1) is 13.6. The van der Waals surface area contributed by atoms with Gasteiger partial charge in [0, 0.05) is 12.1 Å². The predicted molar refractivity (Wildman–Crippen MR) is 79.2 cm³/mol. The van der Waals surface area contributed by atoms with Gasteiger partial charge < -0.3 is 0 Å². The fourth-order valence-corrected chi connectivity index (χ4v) is 3.13. The molecular weight excluding hydrogens is 218 g/mol. The standard InChI is InChI=1S/C17H27N/c1-12-10-13-8-9-18(7)17(5,6)15(13)11-14(12)16(2,3)4/h10-11H,8-9H2,1-7H3. The SMILES string of the molecule is Cc1cc2c(cc1C(C)(C)C)C(C)(C)N(C)CC2. The van der Waals surface area contributed by atoms with E-state index in [0.717, 1.165) is 6.54 Å². The van der Waals surface area contributed by atoms with Gasteiger partial charge >= 0.3 is 0 Å². The third kappa shape index (κ3) is 2.09. The molecule has 0 saturated carbocycles. The number of nitrogens with zero attached hydrogens (tertiary/aromatic N) is 1. The van der Waals surface area contributed by atoms with Crippen LogP contribution in [0.1, 0.15) is 56.9 Å². The maximum Gasteiger partial charge on any atom is 0.0404 e. The summed E-state index contributed by atoms with van der Waals surface area (Å²) in [6.45, 7) is 15.0. The van der Waals surface area contributed by atoms with E-state index in [1.54, 1.807) is 5.56 Å². The van der Waals surface area contributed by atoms with Gasteiger partial charge in [0.05, 0.1) is 0 Å². The van der Waals surface area contributed by atoms with E-state index in [1.807, 2.05) is 0 Å². The molecular formula is C17H27N. The lowest BCUT2D eigenvalue weighted by atomic mass is 9.76. The molecule has 2 rings (SSSR count). The molecule has 1 aliphatic rings. The quantitative estimate of drug-likeness (QED) is 0.667. The highest BCUT2D eigenvalue weighted by Crippen LogP contribution is 2.38. The van der Waals surface area contributed by atoms with Gasteiger partial charge in [-0.3, -0.25) is 4.90 Å². The van der Waals surface area contributed by atoms with Crippen LogP contribution in [0.5, 0.6) is 0 Å². The molecule has 1 aromatic carbocycles. The van der Waals surface area contributed by atoms with E-state index >= 15 is 0 Å². The van der Waals surface area contributed by atoms with Crippen molar-refractivity contribution in [3.05, 3.63) is 34.4 Å². The average molecular weight is 245 g/mol. The van der Waals surface area contributed by atoms with E-state index in [4.69, 9.17) is 0 Å². The summed E-state index contributed by atoms with van der Waals surface area (Å²) < 4.78 is 0. The first-order chi connectivity index (χ1) is 8.14. The Bertz CT molecular complexity index is 463. The largest absolute Gasteiger partial charge is 0.297 e. The van der Waals surface area contributed by atoms with E-state index in [1.165, 1.54) is 23.1 Å². The van der Waals surface area contributed by atoms with Gasteiger partial charge in [0.25, 0.3) is 0 Å². The van der Waals surface area contributed by atoms with Crippen LogP contribution in [0.25, 0.3) is 0 Å². The molecule has 0 spiro atoms. The Morgan fingerprint density at radius 2 is 1.78 bits per heavy atom. The summed E-state index contributed by atoms with van der Waals surface area (Å²) in [5.41, 5.74) is 6.38. The Balaban J connectivity index is 2.63. The number of benzene rings is 1. The van der Waals surface area contributed by atoms with Crippen LogP contribution in [0, 0.1) is 6.92 Å². The molecule has 0 N–H and O–H groups in total. The molecule has 0 fully saturated rings. The highest BCUT2D eigenvalue weighted by molar-refractivity contribution is 5.45. The third-order valence-corrected chi connectivity index (χ3v) is 4.59. The zero-order chi connectivity index (χ0) is 13.7. The van der Waals surface area contributed by atoms with Gasteiger partial charge in [0.2, 0.25) is 0 Å². The molecule has 0 amide bonds. The van der Waals surface area contributed by atoms with E-state index in [9.17, 15) is 0 Å². The van der Waals surface area contributed by atoms with Crippen molar-refractivity contribution in [2.45, 2.75) is 58.9 Å². The van der Waals surface area contributed by atoms with Crippen LogP contribution in [0.15, 0.2) is 12.1 Å². The van der Waals surface area contributed by atoms with E-state index < -0.39 is 0 Å². The van der Waals surface area contributed by atoms with Crippen molar-refractivity contribution in [2.24, 2.45) is 0 Å². The second-order valence-corrected chi connectivity index (χ2v) is 7.30. The van der Waals surface area contributed by atoms with Crippen LogP contribution in [0.4, 0.5) is 0 Å². The summed E-state index contributed by atoms with van der Waals surface area (Å²) in [4.78, 5) is 2.47. The van der Waals surface area contributed by atoms with Gasteiger partial charge in [0.1, 0.15) is 0 Å². The summed E-state index contributed by atoms with van der Waals surface area (Å²) >= 11 is 0. The average Bonchev–Trinajstić information content (AvgIpc) is 2.21. The summed E-state index contributed by atoms with van der Waals surface area (Å²) in [5.74, 6) is 0. The van der Waals surface area contributed by atoms with E-state index in [0.29, 0.717) is 0 Å². The molecule has 0 aromatic heterocycles. The van der Waals surface area contributed by atoms with Crippen molar-refractivity contribution in [2.75, 3.05) is 13.6 Å². The lowest BCUT2D eigenvalue weighted by molar-refractivity contribution is 0.143. The Kier molecular flexibility index (Phi) is 3.09. The first-order valence-electron chi connectivity index (χ1n) is 7.00. The monoisotopic (exact) mass is 245 g/mol. The Labute approximate surface area is 112 Å². The molecule has 0 atom stereocenters. The minimum atomic E-state index is 0.154. The molecule has 0 radical (unpaired) electrons. The molecule has 1 heterocycles. The summed E-state index contributed by atoms with van der Waals surface area (Å²) in [5, 5.41) is 0. The number of likely N-dealkylation sites (N-methyl/N-ethyl adjacent to an activating group) is 1. The lowest BCUT2D eigenvalue weighted by Gasteiger charge is -2.42. The van der Waals surface area contributed by atoms with Crippen LogP contribution in [0.2, 0.25) is 0 Å². The van der Waals surface area contributed by atoms with Crippen LogP contribution in [-0.2, 0) is 17.4 Å². The lowest BCUT2D eigenvalue weighted by Crippen LogP contribution is -2.44. The molecule has 0 aliphatic carbocycles. The summed E-state index contributed by atoms with van der Waals surface area (Å²) in [6.07, 6.45) is 1.18. The second kappa shape index (κ2) is 4.09. The van der Waals surface area contributed by atoms with Crippen molar-refractivity contribution >= 4 is 0 Å². The van der Waals surface area contributed by atoms with Crippen LogP contribution >= 0.6 is 0 Å². The molecule has 1 aromatic rings. The minimum Gasteiger partial charge on any atom is -0.297 e. The topological polar surface area (TPSA) is 3.24 Å². The highest BCUT2D eigenvalue weighted by atomic mass is 15.2. The maximum atomic E-state index is 2.47. The van der Waals surface area contributed by atoms with Gasteiger partial charge in [0.15, 0.2) is 0 Å². The Morgan fingerprint density at radius 3 is 2.33 bits per heavy atom. The molecule has 0 saturated heterocycles. The van der Waals surface area contributed by atoms with Crippen LogP contribution in [0.3, 0.4) is 0 Å². The molecule has 0 unspecified atom stereocenters. The molecule has 1 heteroatoms. The number of aryl methyl sites for hydroxylation is 1. The smallest absolute Gasteiger partial charge is 0.0404 e. The Hall–Kier alpha value is -0.820. The van der Waals surface area contributed by atoms with Gasteiger partial charge in [-0.1, -0.05) is 32.9 Å². The summed E-state index contributed by atoms with van der Waals surface area (Å²) in [7, 11) is 2.24. The number of rotatable bonds is 0. The molecule has 0 bridgehead atoms. The van der Waals surface area contributed by atoms with Crippen molar-refractivity contribution in [3.8, 4) is 0 Å². The maximum absolute atomic E-state index is 2.47. The van der Waals surface area contributed by atoms with Crippen LogP contribution < -0.4 is 0 Å². The number of hydrogen-bond acceptors (Lipinski definition) is 1. The van der Waals surface area contributed by atoms with E-state index in [-0.39, 0.29) is 11.0 Å². The van der Waals surface area contributed by atoms with Crippen molar-refractivity contribution in [1.29, 1.82) is 0 Å². The van der Waals surface area contributed by atoms with E-state index in [2.05, 4.69) is 65.6 Å². The van der Waals surface area contributed by atoms with Gasteiger partial charge in [-0.25, -0.2) is 0 Å². The van der Waals surface area contributed by atoms with Gasteiger partial charge in [-0.05, 0) is 61.9 Å². The Morgan fingerprint density at radius 1 is 1.17 bits per heavy atom. The number of hydrogen-bond donors (Lipinski definition) is 0. The molecule has 1 nitrogen and oxygen atoms in total. The van der Waals surface area contributed by atoms with Gasteiger partial charge in [-0.2, -0.15) is 0 Å². The zero-order valence-corrected chi connectivity index (χ0v) is 13.0. The van der Waals surface area contributed by atoms with Crippen molar-refractivity contribution in [1.82, 2.24) is 4.90 Å². The normalized spacial score (nSPS) is 19.7. The van der Waals surface area contributed by atoms with Crippen molar-refractivity contribution < 1.29 is 0 Å². The molecule has 100 valence electrons. The van der Waals surface area contributed by atoms with Gasteiger partial charge in [-0.15, -0.1) is 0 Å². The molecule has 1 aliphatic heterocycles. The number of fused-ring (bicyclic) bond motifs is 1. The third-order valence-electron chi connectivity index (χ3n) is 4.59. The zero-order valence-electron chi connectivity index (χ0n) is 13.0.